The normalized spacial score (nSPS) is 8.18. The number of rotatable bonds is 0. The number of halogens is 3. The Morgan fingerprint density at radius 2 is 1.23 bits per heavy atom. The summed E-state index contributed by atoms with van der Waals surface area (Å²) in [6.45, 7) is 4.19. The molecule has 0 fully saturated rings. The average Bonchev–Trinajstić information content (AvgIpc) is 3.01. The minimum absolute atomic E-state index is 0. The molecule has 2 aromatic heterocycles. The molecule has 0 radical (unpaired) electrons. The van der Waals surface area contributed by atoms with Gasteiger partial charge in [0, 0.05) is 29.5 Å². The summed E-state index contributed by atoms with van der Waals surface area (Å²) in [5, 5.41) is 4.16. The van der Waals surface area contributed by atoms with Gasteiger partial charge in [0.25, 0.3) is 0 Å². The van der Waals surface area contributed by atoms with Gasteiger partial charge in [-0.15, -0.1) is 22.7 Å². The summed E-state index contributed by atoms with van der Waals surface area (Å²) in [7, 11) is 0. The van der Waals surface area contributed by atoms with E-state index in [1.807, 2.05) is 30.3 Å². The predicted octanol–water partition coefficient (Wildman–Crippen LogP) is 3.75. The molecule has 2 heterocycles. The van der Waals surface area contributed by atoms with Crippen molar-refractivity contribution in [1.82, 2.24) is 0 Å². The summed E-state index contributed by atoms with van der Waals surface area (Å²) in [4.78, 5) is 2.71. The van der Waals surface area contributed by atoms with Gasteiger partial charge in [-0.3, -0.25) is 0 Å². The van der Waals surface area contributed by atoms with E-state index in [1.54, 1.807) is 22.7 Å². The maximum absolute atomic E-state index is 3.34. The Kier molecular flexibility index (Phi) is 17.5. The Morgan fingerprint density at radius 3 is 1.32 bits per heavy atom. The Labute approximate surface area is 184 Å². The third kappa shape index (κ3) is 13.3. The topological polar surface area (TPSA) is 0 Å². The molecule has 0 spiro atoms. The van der Waals surface area contributed by atoms with Crippen molar-refractivity contribution in [2.24, 2.45) is 0 Å². The molecule has 114 valence electrons. The van der Waals surface area contributed by atoms with Crippen LogP contribution in [0.15, 0.2) is 62.2 Å². The largest absolute Gasteiger partial charge is 2.00 e. The third-order valence-corrected chi connectivity index (χ3v) is 5.25. The first-order valence-corrected chi connectivity index (χ1v) is 9.25. The quantitative estimate of drug-likeness (QED) is 0.304. The Bertz CT molecular complexity index is 496. The van der Waals surface area contributed by atoms with Crippen LogP contribution in [0.2, 0.25) is 0 Å². The van der Waals surface area contributed by atoms with E-state index >= 15 is 0 Å². The van der Waals surface area contributed by atoms with E-state index in [9.17, 15) is 0 Å². The number of benzene rings is 1. The van der Waals surface area contributed by atoms with Crippen molar-refractivity contribution in [2.45, 2.75) is 13.8 Å². The minimum atomic E-state index is 0. The molecule has 0 atom stereocenters. The van der Waals surface area contributed by atoms with Gasteiger partial charge in [-0.25, -0.2) is 0 Å². The summed E-state index contributed by atoms with van der Waals surface area (Å²) in [6, 6.07) is 16.7. The fourth-order valence-electron chi connectivity index (χ4n) is 1.16. The first-order chi connectivity index (χ1) is 9.58. The molecule has 0 saturated heterocycles. The van der Waals surface area contributed by atoms with Crippen LogP contribution < -0.4 is 17.0 Å². The van der Waals surface area contributed by atoms with Gasteiger partial charge in [0.2, 0.25) is 0 Å². The van der Waals surface area contributed by atoms with E-state index in [2.05, 4.69) is 74.7 Å². The molecule has 0 saturated carbocycles. The Balaban J connectivity index is 0. The van der Waals surface area contributed by atoms with Gasteiger partial charge in [-0.2, -0.15) is 36.4 Å². The van der Waals surface area contributed by atoms with Gasteiger partial charge in [0.15, 0.2) is 0 Å². The molecule has 0 aliphatic rings. The molecular formula is C16H15Br3MgS2. The minimum Gasteiger partial charge on any atom is -1.00 e. The van der Waals surface area contributed by atoms with Crippen LogP contribution in [0.1, 0.15) is 9.75 Å². The fourth-order valence-corrected chi connectivity index (χ4v) is 3.84. The molecule has 1 aromatic carbocycles. The summed E-state index contributed by atoms with van der Waals surface area (Å²) in [5.41, 5.74) is 0. The predicted molar refractivity (Wildman–Crippen MR) is 105 cm³/mol. The smallest absolute Gasteiger partial charge is 1.00 e. The zero-order valence-corrected chi connectivity index (χ0v) is 20.2. The first kappa shape index (κ1) is 25.1. The summed E-state index contributed by atoms with van der Waals surface area (Å²) >= 11 is 10.2. The Morgan fingerprint density at radius 1 is 0.818 bits per heavy atom. The fraction of sp³-hybridized carbons (Fsp3) is 0.125. The van der Waals surface area contributed by atoms with E-state index in [4.69, 9.17) is 0 Å². The van der Waals surface area contributed by atoms with Crippen molar-refractivity contribution in [3.8, 4) is 0 Å². The van der Waals surface area contributed by atoms with Crippen molar-refractivity contribution >= 4 is 77.6 Å². The van der Waals surface area contributed by atoms with Gasteiger partial charge < -0.3 is 17.0 Å². The van der Waals surface area contributed by atoms with Gasteiger partial charge in [0.05, 0.1) is 0 Å². The van der Waals surface area contributed by atoms with Crippen LogP contribution in [0.3, 0.4) is 0 Å². The van der Waals surface area contributed by atoms with Crippen molar-refractivity contribution < 1.29 is 17.0 Å². The molecule has 22 heavy (non-hydrogen) atoms. The molecule has 6 heteroatoms. The summed E-state index contributed by atoms with van der Waals surface area (Å²) < 4.78 is 2.38. The summed E-state index contributed by atoms with van der Waals surface area (Å²) in [5.74, 6) is 0. The van der Waals surface area contributed by atoms with Gasteiger partial charge >= 0.3 is 23.1 Å². The van der Waals surface area contributed by atoms with E-state index in [0.29, 0.717) is 0 Å². The SMILES string of the molecule is Cc1cc(Br)cs1.Cc1cc(Br)cs1.[Br-].[Mg+2].[c-]1ccccc1. The maximum Gasteiger partial charge on any atom is 2.00 e. The zero-order valence-electron chi connectivity index (χ0n) is 12.4. The van der Waals surface area contributed by atoms with Crippen LogP contribution in [0.25, 0.3) is 0 Å². The molecule has 0 nitrogen and oxygen atoms in total. The standard InChI is InChI=1S/C6H5.2C5H5BrS.BrH.Mg/c1-2-4-6-5-3-1;2*1-4-2-5(6)3-7-4;;/h1-5H;2*2-3H,1H3;1H;/q-1;;;;+2/p-1. The van der Waals surface area contributed by atoms with Crippen LogP contribution in [0.4, 0.5) is 0 Å². The van der Waals surface area contributed by atoms with Crippen LogP contribution in [-0.2, 0) is 0 Å². The van der Waals surface area contributed by atoms with Crippen LogP contribution in [0, 0.1) is 19.9 Å². The number of aryl methyl sites for hydroxylation is 2. The van der Waals surface area contributed by atoms with Crippen molar-refractivity contribution in [3.63, 3.8) is 0 Å². The molecule has 0 aliphatic heterocycles. The van der Waals surface area contributed by atoms with Crippen molar-refractivity contribution in [1.29, 1.82) is 0 Å². The second-order valence-electron chi connectivity index (χ2n) is 3.83. The van der Waals surface area contributed by atoms with E-state index in [-0.39, 0.29) is 40.0 Å². The summed E-state index contributed by atoms with van der Waals surface area (Å²) in [6.07, 6.45) is 0. The first-order valence-electron chi connectivity index (χ1n) is 5.90. The third-order valence-electron chi connectivity index (χ3n) is 2.00. The monoisotopic (exact) mass is 532 g/mol. The average molecular weight is 535 g/mol. The van der Waals surface area contributed by atoms with Crippen LogP contribution >= 0.6 is 54.5 Å². The molecule has 3 rings (SSSR count). The molecule has 0 unspecified atom stereocenters. The molecule has 0 N–H and O–H groups in total. The van der Waals surface area contributed by atoms with E-state index in [0.717, 1.165) is 0 Å². The van der Waals surface area contributed by atoms with Crippen LogP contribution in [0.5, 0.6) is 0 Å². The van der Waals surface area contributed by atoms with E-state index < -0.39 is 0 Å². The molecule has 3 aromatic rings. The zero-order chi connectivity index (χ0) is 14.8. The number of hydrogen-bond acceptors (Lipinski definition) is 2. The molecule has 0 bridgehead atoms. The van der Waals surface area contributed by atoms with E-state index in [1.165, 1.54) is 18.7 Å². The van der Waals surface area contributed by atoms with Crippen LogP contribution in [-0.4, -0.2) is 23.1 Å². The molecule has 0 aliphatic carbocycles. The van der Waals surface area contributed by atoms with Crippen molar-refractivity contribution in [3.05, 3.63) is 78.0 Å². The molecular weight excluding hydrogens is 520 g/mol. The second kappa shape index (κ2) is 15.4. The number of thiophene rings is 2. The van der Waals surface area contributed by atoms with Gasteiger partial charge in [-0.05, 0) is 57.8 Å². The van der Waals surface area contributed by atoms with Crippen molar-refractivity contribution in [2.75, 3.05) is 0 Å². The van der Waals surface area contributed by atoms with Gasteiger partial charge in [0.1, 0.15) is 0 Å². The molecule has 0 amide bonds. The second-order valence-corrected chi connectivity index (χ2v) is 7.89. The maximum atomic E-state index is 3.34. The Hall–Kier alpha value is 0.826. The van der Waals surface area contributed by atoms with Gasteiger partial charge in [-0.1, -0.05) is 0 Å². The number of hydrogen-bond donors (Lipinski definition) is 0.